The van der Waals surface area contributed by atoms with Gasteiger partial charge in [-0.15, -0.1) is 0 Å². The zero-order chi connectivity index (χ0) is 10.8. The van der Waals surface area contributed by atoms with Crippen LogP contribution >= 0.6 is 0 Å². The van der Waals surface area contributed by atoms with E-state index in [4.69, 9.17) is 10.9 Å². The van der Waals surface area contributed by atoms with Crippen LogP contribution < -0.4 is 5.73 Å². The first-order valence-corrected chi connectivity index (χ1v) is 5.35. The molecular weight excluding hydrogens is 178 g/mol. The van der Waals surface area contributed by atoms with Crippen molar-refractivity contribution in [3.05, 3.63) is 0 Å². The first-order valence-electron chi connectivity index (χ1n) is 5.35. The number of hydrogen-bond acceptors (Lipinski definition) is 3. The van der Waals surface area contributed by atoms with Crippen LogP contribution in [-0.2, 0) is 0 Å². The van der Waals surface area contributed by atoms with Gasteiger partial charge < -0.3 is 15.8 Å². The number of hydrogen-bond donors (Lipinski definition) is 2. The van der Waals surface area contributed by atoms with Gasteiger partial charge in [0.05, 0.1) is 0 Å². The van der Waals surface area contributed by atoms with Crippen LogP contribution in [0.15, 0.2) is 5.16 Å². The average Bonchev–Trinajstić information content (AvgIpc) is 2.21. The topological polar surface area (TPSA) is 61.8 Å². The molecule has 0 aliphatic rings. The molecule has 0 bridgehead atoms. The Hall–Kier alpha value is -0.770. The van der Waals surface area contributed by atoms with E-state index < -0.39 is 0 Å². The smallest absolute Gasteiger partial charge is 0.140 e. The second-order valence-electron chi connectivity index (χ2n) is 3.71. The van der Waals surface area contributed by atoms with Crippen molar-refractivity contribution in [2.24, 2.45) is 10.9 Å². The summed E-state index contributed by atoms with van der Waals surface area (Å²) < 4.78 is 0. The molecule has 84 valence electrons. The Labute approximate surface area is 86.8 Å². The van der Waals surface area contributed by atoms with Gasteiger partial charge in [0.2, 0.25) is 0 Å². The number of amidine groups is 1. The van der Waals surface area contributed by atoms with Crippen molar-refractivity contribution in [2.75, 3.05) is 20.1 Å². The van der Waals surface area contributed by atoms with Gasteiger partial charge in [-0.05, 0) is 20.0 Å². The van der Waals surface area contributed by atoms with Gasteiger partial charge in [0.1, 0.15) is 5.84 Å². The summed E-state index contributed by atoms with van der Waals surface area (Å²) in [6, 6.07) is 0. The fourth-order valence-electron chi connectivity index (χ4n) is 1.28. The maximum absolute atomic E-state index is 8.34. The number of unbranched alkanes of at least 4 members (excludes halogenated alkanes) is 3. The van der Waals surface area contributed by atoms with Crippen LogP contribution in [0.1, 0.15) is 39.0 Å². The van der Waals surface area contributed by atoms with Crippen LogP contribution in [0.4, 0.5) is 0 Å². The highest BCUT2D eigenvalue weighted by molar-refractivity contribution is 5.79. The maximum Gasteiger partial charge on any atom is 0.140 e. The molecule has 0 spiro atoms. The molecule has 0 fully saturated rings. The lowest BCUT2D eigenvalue weighted by molar-refractivity contribution is 0.309. The number of nitrogens with zero attached hydrogens (tertiary/aromatic N) is 2. The summed E-state index contributed by atoms with van der Waals surface area (Å²) in [6.45, 7) is 4.17. The Kier molecular flexibility index (Phi) is 8.33. The van der Waals surface area contributed by atoms with E-state index in [0.717, 1.165) is 13.1 Å². The first kappa shape index (κ1) is 13.2. The summed E-state index contributed by atoms with van der Waals surface area (Å²) in [5.74, 6) is 0.311. The van der Waals surface area contributed by atoms with Crippen molar-refractivity contribution in [1.82, 2.24) is 4.90 Å². The van der Waals surface area contributed by atoms with E-state index in [-0.39, 0.29) is 0 Å². The minimum Gasteiger partial charge on any atom is -0.409 e. The summed E-state index contributed by atoms with van der Waals surface area (Å²) in [7, 11) is 2.07. The van der Waals surface area contributed by atoms with Gasteiger partial charge >= 0.3 is 0 Å². The van der Waals surface area contributed by atoms with Crippen LogP contribution in [0.5, 0.6) is 0 Å². The molecule has 0 aromatic carbocycles. The monoisotopic (exact) mass is 201 g/mol. The number of oxime groups is 1. The molecule has 0 atom stereocenters. The zero-order valence-corrected chi connectivity index (χ0v) is 9.37. The van der Waals surface area contributed by atoms with Gasteiger partial charge in [-0.1, -0.05) is 31.3 Å². The molecule has 0 heterocycles. The Morgan fingerprint density at radius 3 is 2.57 bits per heavy atom. The number of rotatable bonds is 8. The lowest BCUT2D eigenvalue weighted by Crippen LogP contribution is -2.25. The van der Waals surface area contributed by atoms with Crippen molar-refractivity contribution in [3.63, 3.8) is 0 Å². The van der Waals surface area contributed by atoms with E-state index in [1.165, 1.54) is 25.7 Å². The lowest BCUT2D eigenvalue weighted by atomic mass is 10.2. The van der Waals surface area contributed by atoms with E-state index in [0.29, 0.717) is 12.3 Å². The van der Waals surface area contributed by atoms with Gasteiger partial charge in [-0.3, -0.25) is 0 Å². The molecule has 0 rings (SSSR count). The van der Waals surface area contributed by atoms with E-state index >= 15 is 0 Å². The minimum absolute atomic E-state index is 0.311. The summed E-state index contributed by atoms with van der Waals surface area (Å²) in [5, 5.41) is 11.3. The van der Waals surface area contributed by atoms with Crippen LogP contribution in [0.2, 0.25) is 0 Å². The lowest BCUT2D eigenvalue weighted by Gasteiger charge is -2.15. The quantitative estimate of drug-likeness (QED) is 0.206. The van der Waals surface area contributed by atoms with E-state index in [9.17, 15) is 0 Å². The maximum atomic E-state index is 8.34. The van der Waals surface area contributed by atoms with Crippen LogP contribution in [0, 0.1) is 0 Å². The molecule has 0 unspecified atom stereocenters. The molecule has 0 amide bonds. The highest BCUT2D eigenvalue weighted by Gasteiger charge is 1.99. The summed E-state index contributed by atoms with van der Waals surface area (Å²) in [6.07, 6.45) is 5.76. The molecule has 0 aliphatic carbocycles. The van der Waals surface area contributed by atoms with Crippen molar-refractivity contribution < 1.29 is 5.21 Å². The largest absolute Gasteiger partial charge is 0.409 e. The van der Waals surface area contributed by atoms with E-state index in [2.05, 4.69) is 24.0 Å². The van der Waals surface area contributed by atoms with E-state index in [1.54, 1.807) is 0 Å². The molecule has 4 heteroatoms. The molecule has 4 nitrogen and oxygen atoms in total. The molecule has 3 N–H and O–H groups in total. The molecule has 0 aromatic heterocycles. The third-order valence-electron chi connectivity index (χ3n) is 2.27. The second-order valence-corrected chi connectivity index (χ2v) is 3.71. The third-order valence-corrected chi connectivity index (χ3v) is 2.27. The minimum atomic E-state index is 0.311. The van der Waals surface area contributed by atoms with Crippen molar-refractivity contribution in [2.45, 2.75) is 39.0 Å². The molecule has 0 radical (unpaired) electrons. The van der Waals surface area contributed by atoms with Crippen LogP contribution in [0.25, 0.3) is 0 Å². The normalized spacial score (nSPS) is 12.4. The fourth-order valence-corrected chi connectivity index (χ4v) is 1.28. The highest BCUT2D eigenvalue weighted by atomic mass is 16.4. The zero-order valence-electron chi connectivity index (χ0n) is 9.37. The van der Waals surface area contributed by atoms with Gasteiger partial charge in [-0.25, -0.2) is 0 Å². The van der Waals surface area contributed by atoms with Gasteiger partial charge in [0.15, 0.2) is 0 Å². The van der Waals surface area contributed by atoms with Crippen molar-refractivity contribution >= 4 is 5.84 Å². The van der Waals surface area contributed by atoms with Crippen LogP contribution in [-0.4, -0.2) is 36.1 Å². The third kappa shape index (κ3) is 7.86. The Morgan fingerprint density at radius 2 is 2.00 bits per heavy atom. The Morgan fingerprint density at radius 1 is 1.29 bits per heavy atom. The molecule has 14 heavy (non-hydrogen) atoms. The fraction of sp³-hybridized carbons (Fsp3) is 0.900. The molecule has 0 aromatic rings. The van der Waals surface area contributed by atoms with Crippen molar-refractivity contribution in [1.29, 1.82) is 0 Å². The second kappa shape index (κ2) is 8.81. The Balaban J connectivity index is 3.32. The SMILES string of the molecule is CCCCCCN(C)CC/C(N)=N/O. The van der Waals surface area contributed by atoms with Crippen LogP contribution in [0.3, 0.4) is 0 Å². The van der Waals surface area contributed by atoms with Gasteiger partial charge in [0.25, 0.3) is 0 Å². The first-order chi connectivity index (χ1) is 6.70. The predicted molar refractivity (Wildman–Crippen MR) is 59.7 cm³/mol. The molecule has 0 aliphatic heterocycles. The molecule has 0 saturated carbocycles. The molecular formula is C10H23N3O. The summed E-state index contributed by atoms with van der Waals surface area (Å²) in [4.78, 5) is 2.22. The Bertz CT molecular complexity index is 159. The van der Waals surface area contributed by atoms with Crippen molar-refractivity contribution in [3.8, 4) is 0 Å². The summed E-state index contributed by atoms with van der Waals surface area (Å²) >= 11 is 0. The predicted octanol–water partition coefficient (Wildman–Crippen LogP) is 1.63. The van der Waals surface area contributed by atoms with Gasteiger partial charge in [0, 0.05) is 13.0 Å². The number of nitrogens with two attached hydrogens (primary N) is 1. The summed E-state index contributed by atoms with van der Waals surface area (Å²) in [5.41, 5.74) is 5.37. The average molecular weight is 201 g/mol. The standard InChI is InChI=1S/C10H23N3O/c1-3-4-5-6-8-13(2)9-7-10(11)12-14/h14H,3-9H2,1-2H3,(H2,11,12). The molecule has 0 saturated heterocycles. The van der Waals surface area contributed by atoms with E-state index in [1.807, 2.05) is 0 Å². The highest BCUT2D eigenvalue weighted by Crippen LogP contribution is 2.00. The van der Waals surface area contributed by atoms with Gasteiger partial charge in [-0.2, -0.15) is 0 Å².